The summed E-state index contributed by atoms with van der Waals surface area (Å²) in [5.74, 6) is 0. The van der Waals surface area contributed by atoms with Crippen molar-refractivity contribution in [1.29, 1.82) is 0 Å². The molecule has 2 nitrogen and oxygen atoms in total. The van der Waals surface area contributed by atoms with E-state index in [2.05, 4.69) is 47.3 Å². The van der Waals surface area contributed by atoms with Crippen molar-refractivity contribution < 1.29 is 0 Å². The van der Waals surface area contributed by atoms with Crippen LogP contribution >= 0.6 is 11.8 Å². The number of para-hydroxylation sites is 2. The fourth-order valence-corrected chi connectivity index (χ4v) is 3.16. The van der Waals surface area contributed by atoms with Gasteiger partial charge in [0.15, 0.2) is 0 Å². The second kappa shape index (κ2) is 6.46. The third-order valence-electron chi connectivity index (χ3n) is 3.19. The lowest BCUT2D eigenvalue weighted by Gasteiger charge is -2.12. The Labute approximate surface area is 129 Å². The minimum atomic E-state index is 0.967. The number of fused-ring (bicyclic) bond motifs is 1. The average Bonchev–Trinajstić information content (AvgIpc) is 2.85. The summed E-state index contributed by atoms with van der Waals surface area (Å²) in [7, 11) is 2.09. The number of nitrogens with zero attached hydrogens (tertiary/aromatic N) is 2. The van der Waals surface area contributed by atoms with Gasteiger partial charge in [-0.25, -0.2) is 0 Å². The Morgan fingerprint density at radius 1 is 0.952 bits per heavy atom. The molecule has 2 aromatic carbocycles. The smallest absolute Gasteiger partial charge is 0.0798 e. The highest BCUT2D eigenvalue weighted by Crippen LogP contribution is 2.44. The molecule has 0 bridgehead atoms. The summed E-state index contributed by atoms with van der Waals surface area (Å²) >= 11 is 1.79. The molecule has 104 valence electrons. The van der Waals surface area contributed by atoms with Crippen LogP contribution in [0.1, 0.15) is 0 Å². The van der Waals surface area contributed by atoms with Crippen LogP contribution in [0.5, 0.6) is 0 Å². The second-order valence-electron chi connectivity index (χ2n) is 4.63. The van der Waals surface area contributed by atoms with Crippen molar-refractivity contribution in [2.75, 3.05) is 11.9 Å². The van der Waals surface area contributed by atoms with Crippen molar-refractivity contribution in [3.63, 3.8) is 0 Å². The summed E-state index contributed by atoms with van der Waals surface area (Å²) in [5.41, 5.74) is 2.23. The van der Waals surface area contributed by atoms with Crippen molar-refractivity contribution in [3.05, 3.63) is 77.9 Å². The van der Waals surface area contributed by atoms with Crippen LogP contribution in [0.3, 0.4) is 0 Å². The maximum Gasteiger partial charge on any atom is 0.0798 e. The zero-order chi connectivity index (χ0) is 14.5. The molecule has 1 aliphatic rings. The molecule has 21 heavy (non-hydrogen) atoms. The van der Waals surface area contributed by atoms with Gasteiger partial charge < -0.3 is 4.90 Å². The Kier molecular flexibility index (Phi) is 4.22. The number of hydrogen-bond donors (Lipinski definition) is 0. The van der Waals surface area contributed by atoms with Gasteiger partial charge in [-0.1, -0.05) is 48.2 Å². The zero-order valence-electron chi connectivity index (χ0n) is 11.8. The van der Waals surface area contributed by atoms with E-state index in [1.807, 2.05) is 48.7 Å². The molecule has 0 atom stereocenters. The van der Waals surface area contributed by atoms with E-state index in [4.69, 9.17) is 0 Å². The molecule has 0 radical (unpaired) electrons. The molecule has 2 aromatic rings. The number of allylic oxidation sites excluding steroid dienone is 3. The molecule has 0 fully saturated rings. The quantitative estimate of drug-likeness (QED) is 0.737. The number of benzene rings is 2. The van der Waals surface area contributed by atoms with Crippen molar-refractivity contribution in [2.45, 2.75) is 4.90 Å². The first-order valence-electron chi connectivity index (χ1n) is 6.81. The SMILES string of the molecule is CN1/C(=C/C=C\C=Nc2ccccc2)Sc2ccccc21. The third kappa shape index (κ3) is 3.26. The van der Waals surface area contributed by atoms with Gasteiger partial charge in [0.25, 0.3) is 0 Å². The van der Waals surface area contributed by atoms with Crippen molar-refractivity contribution in [1.82, 2.24) is 0 Å². The molecule has 3 rings (SSSR count). The lowest BCUT2D eigenvalue weighted by atomic mass is 10.3. The summed E-state index contributed by atoms with van der Waals surface area (Å²) < 4.78 is 0. The number of aliphatic imine (C=N–C) groups is 1. The lowest BCUT2D eigenvalue weighted by molar-refractivity contribution is 1.17. The summed E-state index contributed by atoms with van der Waals surface area (Å²) in [6.45, 7) is 0. The van der Waals surface area contributed by atoms with Crippen LogP contribution in [-0.2, 0) is 0 Å². The molecule has 0 aromatic heterocycles. The molecular weight excluding hydrogens is 276 g/mol. The maximum absolute atomic E-state index is 4.37. The van der Waals surface area contributed by atoms with Crippen LogP contribution in [0, 0.1) is 0 Å². The fourth-order valence-electron chi connectivity index (χ4n) is 2.10. The van der Waals surface area contributed by atoms with Gasteiger partial charge in [-0.3, -0.25) is 4.99 Å². The van der Waals surface area contributed by atoms with Crippen LogP contribution < -0.4 is 4.90 Å². The topological polar surface area (TPSA) is 15.6 Å². The normalized spacial score (nSPS) is 16.2. The Bertz CT molecular complexity index is 702. The number of thioether (sulfide) groups is 1. The van der Waals surface area contributed by atoms with Gasteiger partial charge in [-0.05, 0) is 36.4 Å². The number of rotatable bonds is 3. The van der Waals surface area contributed by atoms with E-state index in [0.29, 0.717) is 0 Å². The van der Waals surface area contributed by atoms with Crippen LogP contribution in [-0.4, -0.2) is 13.3 Å². The highest BCUT2D eigenvalue weighted by atomic mass is 32.2. The van der Waals surface area contributed by atoms with Gasteiger partial charge in [-0.15, -0.1) is 0 Å². The Morgan fingerprint density at radius 2 is 1.71 bits per heavy atom. The molecule has 0 unspecified atom stereocenters. The molecule has 0 saturated carbocycles. The van der Waals surface area contributed by atoms with Crippen LogP contribution in [0.25, 0.3) is 0 Å². The molecule has 0 N–H and O–H groups in total. The maximum atomic E-state index is 4.37. The van der Waals surface area contributed by atoms with Crippen LogP contribution in [0.4, 0.5) is 11.4 Å². The van der Waals surface area contributed by atoms with E-state index in [1.165, 1.54) is 15.6 Å². The largest absolute Gasteiger partial charge is 0.338 e. The van der Waals surface area contributed by atoms with Gasteiger partial charge >= 0.3 is 0 Å². The summed E-state index contributed by atoms with van der Waals surface area (Å²) in [6, 6.07) is 18.4. The third-order valence-corrected chi connectivity index (χ3v) is 4.37. The monoisotopic (exact) mass is 292 g/mol. The molecule has 0 saturated heterocycles. The van der Waals surface area contributed by atoms with Crippen molar-refractivity contribution >= 4 is 29.4 Å². The highest BCUT2D eigenvalue weighted by molar-refractivity contribution is 8.03. The first-order chi connectivity index (χ1) is 10.3. The van der Waals surface area contributed by atoms with Crippen molar-refractivity contribution in [3.8, 4) is 0 Å². The summed E-state index contributed by atoms with van der Waals surface area (Å²) in [5, 5.41) is 1.22. The Balaban J connectivity index is 1.65. The molecule has 0 amide bonds. The predicted octanol–water partition coefficient (Wildman–Crippen LogP) is 5.03. The van der Waals surface area contributed by atoms with E-state index in [-0.39, 0.29) is 0 Å². The number of anilines is 1. The van der Waals surface area contributed by atoms with Crippen LogP contribution in [0.15, 0.2) is 87.7 Å². The minimum absolute atomic E-state index is 0.967. The lowest BCUT2D eigenvalue weighted by Crippen LogP contribution is -2.08. The first kappa shape index (κ1) is 13.7. The second-order valence-corrected chi connectivity index (χ2v) is 5.69. The van der Waals surface area contributed by atoms with Crippen molar-refractivity contribution in [2.24, 2.45) is 4.99 Å². The highest BCUT2D eigenvalue weighted by Gasteiger charge is 2.20. The molecule has 0 aliphatic carbocycles. The molecule has 3 heteroatoms. The molecule has 1 aliphatic heterocycles. The van der Waals surface area contributed by atoms with E-state index >= 15 is 0 Å². The summed E-state index contributed by atoms with van der Waals surface area (Å²) in [6.07, 6.45) is 7.91. The van der Waals surface area contributed by atoms with E-state index in [0.717, 1.165) is 5.69 Å². The molecular formula is C18H16N2S. The minimum Gasteiger partial charge on any atom is -0.338 e. The van der Waals surface area contributed by atoms with Gasteiger partial charge in [-0.2, -0.15) is 0 Å². The van der Waals surface area contributed by atoms with Gasteiger partial charge in [0.05, 0.1) is 16.4 Å². The number of hydrogen-bond acceptors (Lipinski definition) is 3. The summed E-state index contributed by atoms with van der Waals surface area (Å²) in [4.78, 5) is 7.88. The van der Waals surface area contributed by atoms with Gasteiger partial charge in [0.1, 0.15) is 0 Å². The van der Waals surface area contributed by atoms with Crippen LogP contribution in [0.2, 0.25) is 0 Å². The zero-order valence-corrected chi connectivity index (χ0v) is 12.6. The molecule has 1 heterocycles. The van der Waals surface area contributed by atoms with Gasteiger partial charge in [0, 0.05) is 18.2 Å². The van der Waals surface area contributed by atoms with Gasteiger partial charge in [0.2, 0.25) is 0 Å². The Hall–Kier alpha value is -2.26. The first-order valence-corrected chi connectivity index (χ1v) is 7.63. The predicted molar refractivity (Wildman–Crippen MR) is 92.5 cm³/mol. The van der Waals surface area contributed by atoms with E-state index in [1.54, 1.807) is 11.8 Å². The standard InChI is InChI=1S/C18H16N2S/c1-20-16-11-5-6-12-17(16)21-18(20)13-7-8-14-19-15-9-3-2-4-10-15/h2-14H,1H3/b8-7-,18-13-,19-14?. The fraction of sp³-hybridized carbons (Fsp3) is 0.0556. The average molecular weight is 292 g/mol. The van der Waals surface area contributed by atoms with E-state index in [9.17, 15) is 0 Å². The Morgan fingerprint density at radius 3 is 2.52 bits per heavy atom. The molecule has 0 spiro atoms. The van der Waals surface area contributed by atoms with E-state index < -0.39 is 0 Å².